The van der Waals surface area contributed by atoms with Crippen molar-refractivity contribution in [2.75, 3.05) is 13.2 Å². The van der Waals surface area contributed by atoms with Crippen molar-refractivity contribution < 1.29 is 9.47 Å². The van der Waals surface area contributed by atoms with Crippen LogP contribution in [-0.4, -0.2) is 19.3 Å². The third-order valence-corrected chi connectivity index (χ3v) is 11.8. The molecule has 8 saturated carbocycles. The fourth-order valence-electron chi connectivity index (χ4n) is 11.3. The molecule has 1 aromatic carbocycles. The van der Waals surface area contributed by atoms with Gasteiger partial charge in [0.2, 0.25) is 0 Å². The van der Waals surface area contributed by atoms with Crippen molar-refractivity contribution in [3.8, 4) is 5.75 Å². The molecule has 2 nitrogen and oxygen atoms in total. The third kappa shape index (κ3) is 3.22. The zero-order valence-electron chi connectivity index (χ0n) is 21.5. The molecule has 1 heterocycles. The molecule has 1 aromatic rings. The molecule has 0 radical (unpaired) electrons. The van der Waals surface area contributed by atoms with Crippen molar-refractivity contribution in [1.82, 2.24) is 0 Å². The summed E-state index contributed by atoms with van der Waals surface area (Å²) in [6.45, 7) is 6.56. The van der Waals surface area contributed by atoms with E-state index in [0.29, 0.717) is 22.9 Å². The first-order valence-corrected chi connectivity index (χ1v) is 14.9. The Bertz CT molecular complexity index is 914. The van der Waals surface area contributed by atoms with Crippen molar-refractivity contribution in [3.63, 3.8) is 0 Å². The first-order chi connectivity index (χ1) is 16.5. The van der Waals surface area contributed by atoms with Gasteiger partial charge in [-0.1, -0.05) is 19.9 Å². The molecule has 8 bridgehead atoms. The van der Waals surface area contributed by atoms with Crippen LogP contribution in [0.5, 0.6) is 5.75 Å². The van der Waals surface area contributed by atoms with E-state index in [0.717, 1.165) is 48.7 Å². The lowest BCUT2D eigenvalue weighted by atomic mass is 9.46. The number of hydrogen-bond donors (Lipinski definition) is 0. The molecule has 9 aliphatic rings. The Morgan fingerprint density at radius 1 is 0.735 bits per heavy atom. The Labute approximate surface area is 206 Å². The maximum absolute atomic E-state index is 6.76. The van der Waals surface area contributed by atoms with E-state index in [1.165, 1.54) is 82.8 Å². The van der Waals surface area contributed by atoms with Gasteiger partial charge >= 0.3 is 0 Å². The van der Waals surface area contributed by atoms with Crippen LogP contribution in [0.25, 0.3) is 0 Å². The Balaban J connectivity index is 1.26. The van der Waals surface area contributed by atoms with Crippen LogP contribution in [0.15, 0.2) is 12.1 Å². The van der Waals surface area contributed by atoms with E-state index >= 15 is 0 Å². The smallest absolute Gasteiger partial charge is 0.123 e. The molecule has 34 heavy (non-hydrogen) atoms. The van der Waals surface area contributed by atoms with Crippen LogP contribution in [0, 0.1) is 35.5 Å². The van der Waals surface area contributed by atoms with Crippen molar-refractivity contribution in [1.29, 1.82) is 0 Å². The lowest BCUT2D eigenvalue weighted by molar-refractivity contribution is -0.00837. The highest BCUT2D eigenvalue weighted by Gasteiger charge is 2.55. The highest BCUT2D eigenvalue weighted by atomic mass is 16.6. The second-order valence-corrected chi connectivity index (χ2v) is 14.8. The summed E-state index contributed by atoms with van der Waals surface area (Å²) in [5, 5.41) is 0. The second-order valence-electron chi connectivity index (χ2n) is 14.8. The summed E-state index contributed by atoms with van der Waals surface area (Å²) >= 11 is 0. The molecule has 0 aromatic heterocycles. The quantitative estimate of drug-likeness (QED) is 0.409. The van der Waals surface area contributed by atoms with E-state index in [-0.39, 0.29) is 0 Å². The van der Waals surface area contributed by atoms with E-state index in [4.69, 9.17) is 9.47 Å². The standard InChI is InChI=1S/C32H44O2/c1-19(2)27-9-29(32-14-23-6-24(15-32)8-25(7-23)16-32)30(34-18-26-17-33-26)10-28(27)31-11-20-3-21(12-31)5-22(4-20)13-31/h9-10,19-26H,3-8,11-18H2,1-2H3. The number of rotatable bonds is 6. The predicted octanol–water partition coefficient (Wildman–Crippen LogP) is 7.52. The minimum atomic E-state index is 0.331. The Morgan fingerprint density at radius 2 is 1.18 bits per heavy atom. The van der Waals surface area contributed by atoms with E-state index in [1.54, 1.807) is 16.7 Å². The zero-order chi connectivity index (χ0) is 22.7. The molecular formula is C32H44O2. The number of ether oxygens (including phenoxy) is 2. The number of hydrogen-bond acceptors (Lipinski definition) is 2. The van der Waals surface area contributed by atoms with E-state index in [2.05, 4.69) is 26.0 Å². The summed E-state index contributed by atoms with van der Waals surface area (Å²) in [5.41, 5.74) is 5.83. The molecule has 2 heteroatoms. The molecule has 1 saturated heterocycles. The van der Waals surface area contributed by atoms with Gasteiger partial charge in [-0.25, -0.2) is 0 Å². The number of benzene rings is 1. The van der Waals surface area contributed by atoms with Gasteiger partial charge in [0, 0.05) is 5.56 Å². The zero-order valence-corrected chi connectivity index (χ0v) is 21.5. The van der Waals surface area contributed by atoms with Gasteiger partial charge in [-0.05, 0) is 146 Å². The van der Waals surface area contributed by atoms with Gasteiger partial charge in [-0.3, -0.25) is 0 Å². The monoisotopic (exact) mass is 460 g/mol. The molecule has 10 rings (SSSR count). The summed E-state index contributed by atoms with van der Waals surface area (Å²) in [6.07, 6.45) is 18.0. The molecule has 0 spiro atoms. The van der Waals surface area contributed by atoms with Gasteiger partial charge in [0.05, 0.1) is 6.61 Å². The minimum absolute atomic E-state index is 0.331. The van der Waals surface area contributed by atoms with E-state index in [1.807, 2.05) is 0 Å². The van der Waals surface area contributed by atoms with Gasteiger partial charge in [0.15, 0.2) is 0 Å². The molecule has 1 atom stereocenters. The first kappa shape index (κ1) is 21.1. The largest absolute Gasteiger partial charge is 0.490 e. The Kier molecular flexibility index (Phi) is 4.51. The van der Waals surface area contributed by atoms with Gasteiger partial charge in [-0.2, -0.15) is 0 Å². The van der Waals surface area contributed by atoms with Crippen LogP contribution >= 0.6 is 0 Å². The molecule has 184 valence electrons. The Morgan fingerprint density at radius 3 is 1.59 bits per heavy atom. The lowest BCUT2D eigenvalue weighted by Crippen LogP contribution is -2.50. The van der Waals surface area contributed by atoms with Gasteiger partial charge in [0.1, 0.15) is 18.5 Å². The number of epoxide rings is 1. The molecule has 8 aliphatic carbocycles. The van der Waals surface area contributed by atoms with Gasteiger partial charge in [0.25, 0.3) is 0 Å². The average Bonchev–Trinajstić information content (AvgIpc) is 3.60. The fraction of sp³-hybridized carbons (Fsp3) is 0.812. The molecule has 0 N–H and O–H groups in total. The minimum Gasteiger partial charge on any atom is -0.490 e. The topological polar surface area (TPSA) is 21.8 Å². The molecule has 9 fully saturated rings. The summed E-state index contributed by atoms with van der Waals surface area (Å²) in [5.74, 6) is 7.72. The van der Waals surface area contributed by atoms with Crippen LogP contribution < -0.4 is 4.74 Å². The summed E-state index contributed by atoms with van der Waals surface area (Å²) in [7, 11) is 0. The van der Waals surface area contributed by atoms with Crippen molar-refractivity contribution >= 4 is 0 Å². The highest BCUT2D eigenvalue weighted by Crippen LogP contribution is 2.65. The van der Waals surface area contributed by atoms with Crippen molar-refractivity contribution in [2.45, 2.75) is 114 Å². The first-order valence-electron chi connectivity index (χ1n) is 14.9. The normalized spacial score (nSPS) is 47.6. The highest BCUT2D eigenvalue weighted by molar-refractivity contribution is 5.52. The maximum Gasteiger partial charge on any atom is 0.123 e. The van der Waals surface area contributed by atoms with Crippen LogP contribution in [0.3, 0.4) is 0 Å². The summed E-state index contributed by atoms with van der Waals surface area (Å²) in [6, 6.07) is 5.37. The van der Waals surface area contributed by atoms with E-state index < -0.39 is 0 Å². The average molecular weight is 461 g/mol. The van der Waals surface area contributed by atoms with Crippen molar-refractivity contribution in [2.24, 2.45) is 35.5 Å². The molecule has 1 unspecified atom stereocenters. The van der Waals surface area contributed by atoms with Gasteiger partial charge in [-0.15, -0.1) is 0 Å². The molecule has 0 amide bonds. The van der Waals surface area contributed by atoms with Crippen LogP contribution in [0.4, 0.5) is 0 Å². The maximum atomic E-state index is 6.76. The van der Waals surface area contributed by atoms with Gasteiger partial charge < -0.3 is 9.47 Å². The molecule has 1 aliphatic heterocycles. The van der Waals surface area contributed by atoms with E-state index in [9.17, 15) is 0 Å². The second kappa shape index (κ2) is 7.27. The van der Waals surface area contributed by atoms with Crippen LogP contribution in [0.1, 0.15) is 114 Å². The van der Waals surface area contributed by atoms with Crippen LogP contribution in [-0.2, 0) is 15.6 Å². The Hall–Kier alpha value is -1.02. The molecular weight excluding hydrogens is 416 g/mol. The van der Waals surface area contributed by atoms with Crippen molar-refractivity contribution in [3.05, 3.63) is 28.8 Å². The lowest BCUT2D eigenvalue weighted by Gasteiger charge is -2.58. The third-order valence-electron chi connectivity index (χ3n) is 11.8. The summed E-state index contributed by atoms with van der Waals surface area (Å²) < 4.78 is 12.4. The fourth-order valence-corrected chi connectivity index (χ4v) is 11.3. The summed E-state index contributed by atoms with van der Waals surface area (Å²) in [4.78, 5) is 0. The predicted molar refractivity (Wildman–Crippen MR) is 135 cm³/mol. The SMILES string of the molecule is CC(C)c1cc(C23CC4CC(CC(C4)C2)C3)c(OCC2CO2)cc1C12CC3CC(CC(C3)C1)C2. The van der Waals surface area contributed by atoms with Crippen LogP contribution in [0.2, 0.25) is 0 Å².